The molecule has 0 atom stereocenters. The van der Waals surface area contributed by atoms with Crippen molar-refractivity contribution in [1.82, 2.24) is 14.8 Å². The molecule has 0 radical (unpaired) electrons. The third-order valence-corrected chi connectivity index (χ3v) is 5.56. The van der Waals surface area contributed by atoms with Gasteiger partial charge in [0.05, 0.1) is 0 Å². The number of rotatable bonds is 4. The van der Waals surface area contributed by atoms with Crippen molar-refractivity contribution in [2.45, 2.75) is 25.8 Å². The van der Waals surface area contributed by atoms with Crippen LogP contribution in [0.4, 0.5) is 5.69 Å². The van der Waals surface area contributed by atoms with Gasteiger partial charge in [0.25, 0.3) is 5.91 Å². The second-order valence-corrected chi connectivity index (χ2v) is 7.47. The van der Waals surface area contributed by atoms with E-state index in [1.54, 1.807) is 0 Å². The van der Waals surface area contributed by atoms with Gasteiger partial charge in [-0.25, -0.2) is 0 Å². The lowest BCUT2D eigenvalue weighted by Gasteiger charge is -2.35. The van der Waals surface area contributed by atoms with Crippen LogP contribution in [0.1, 0.15) is 35.2 Å². The van der Waals surface area contributed by atoms with Gasteiger partial charge in [-0.3, -0.25) is 19.5 Å². The van der Waals surface area contributed by atoms with Gasteiger partial charge in [-0.05, 0) is 54.8 Å². The molecule has 2 fully saturated rings. The Morgan fingerprint density at radius 3 is 2.29 bits per heavy atom. The lowest BCUT2D eigenvalue weighted by molar-refractivity contribution is -0.119. The van der Waals surface area contributed by atoms with Gasteiger partial charge >= 0.3 is 0 Å². The number of carbonyl (C=O) groups is 2. The lowest BCUT2D eigenvalue weighted by atomic mass is 10.1. The van der Waals surface area contributed by atoms with E-state index in [2.05, 4.69) is 9.88 Å². The molecule has 0 unspecified atom stereocenters. The minimum Gasteiger partial charge on any atom is -0.336 e. The number of nitrogens with zero attached hydrogens (tertiary/aromatic N) is 4. The normalized spacial score (nSPS) is 18.4. The predicted molar refractivity (Wildman–Crippen MR) is 108 cm³/mol. The Kier molecular flexibility index (Phi) is 5.67. The Hall–Kier alpha value is -2.73. The van der Waals surface area contributed by atoms with Crippen LogP contribution in [0.3, 0.4) is 0 Å². The van der Waals surface area contributed by atoms with Crippen LogP contribution in [0, 0.1) is 0 Å². The lowest BCUT2D eigenvalue weighted by Crippen LogP contribution is -2.48. The quantitative estimate of drug-likeness (QED) is 0.821. The maximum absolute atomic E-state index is 12.8. The van der Waals surface area contributed by atoms with Gasteiger partial charge in [-0.1, -0.05) is 0 Å². The summed E-state index contributed by atoms with van der Waals surface area (Å²) in [5.74, 6) is 0.246. The summed E-state index contributed by atoms with van der Waals surface area (Å²) in [6.07, 6.45) is 6.26. The van der Waals surface area contributed by atoms with Crippen LogP contribution < -0.4 is 4.90 Å². The smallest absolute Gasteiger partial charge is 0.253 e. The summed E-state index contributed by atoms with van der Waals surface area (Å²) in [5.41, 5.74) is 2.83. The van der Waals surface area contributed by atoms with Crippen LogP contribution in [0.5, 0.6) is 0 Å². The van der Waals surface area contributed by atoms with E-state index in [4.69, 9.17) is 0 Å². The molecule has 1 aromatic heterocycles. The maximum atomic E-state index is 12.8. The van der Waals surface area contributed by atoms with E-state index in [1.165, 1.54) is 5.56 Å². The highest BCUT2D eigenvalue weighted by Gasteiger charge is 2.23. The molecule has 2 amide bonds. The number of piperazine rings is 1. The highest BCUT2D eigenvalue weighted by Crippen LogP contribution is 2.22. The van der Waals surface area contributed by atoms with Gasteiger partial charge in [0, 0.05) is 69.3 Å². The molecule has 146 valence electrons. The van der Waals surface area contributed by atoms with Gasteiger partial charge in [-0.2, -0.15) is 0 Å². The minimum absolute atomic E-state index is 0.0695. The molecule has 0 N–H and O–H groups in total. The van der Waals surface area contributed by atoms with E-state index in [0.29, 0.717) is 12.0 Å². The van der Waals surface area contributed by atoms with Crippen LogP contribution in [-0.4, -0.2) is 59.3 Å². The predicted octanol–water partition coefficient (Wildman–Crippen LogP) is 2.56. The first kappa shape index (κ1) is 18.6. The van der Waals surface area contributed by atoms with E-state index in [0.717, 1.165) is 57.8 Å². The molecule has 0 aliphatic carbocycles. The largest absolute Gasteiger partial charge is 0.336 e. The van der Waals surface area contributed by atoms with Crippen molar-refractivity contribution in [2.24, 2.45) is 0 Å². The zero-order chi connectivity index (χ0) is 19.3. The number of hydrogen-bond acceptors (Lipinski definition) is 4. The molecule has 0 saturated carbocycles. The third kappa shape index (κ3) is 4.22. The molecule has 2 aliphatic heterocycles. The highest BCUT2D eigenvalue weighted by molar-refractivity contribution is 5.97. The number of pyridine rings is 1. The Labute approximate surface area is 165 Å². The summed E-state index contributed by atoms with van der Waals surface area (Å²) in [4.78, 5) is 35.1. The number of aromatic nitrogens is 1. The number of hydrogen-bond donors (Lipinski definition) is 0. The number of benzene rings is 1. The van der Waals surface area contributed by atoms with Crippen LogP contribution in [0.15, 0.2) is 48.8 Å². The summed E-state index contributed by atoms with van der Waals surface area (Å²) >= 11 is 0. The van der Waals surface area contributed by atoms with Gasteiger partial charge < -0.3 is 9.80 Å². The van der Waals surface area contributed by atoms with Crippen molar-refractivity contribution < 1.29 is 9.59 Å². The van der Waals surface area contributed by atoms with Gasteiger partial charge in [0.15, 0.2) is 0 Å². The van der Waals surface area contributed by atoms with Gasteiger partial charge in [0.1, 0.15) is 0 Å². The first-order valence-electron chi connectivity index (χ1n) is 10.0. The Balaban J connectivity index is 1.33. The van der Waals surface area contributed by atoms with E-state index in [9.17, 15) is 9.59 Å². The van der Waals surface area contributed by atoms with Crippen LogP contribution >= 0.6 is 0 Å². The van der Waals surface area contributed by atoms with Crippen molar-refractivity contribution in [2.75, 3.05) is 37.6 Å². The maximum Gasteiger partial charge on any atom is 0.253 e. The Morgan fingerprint density at radius 2 is 1.61 bits per heavy atom. The van der Waals surface area contributed by atoms with Crippen molar-refractivity contribution >= 4 is 17.5 Å². The van der Waals surface area contributed by atoms with Gasteiger partial charge in [0.2, 0.25) is 5.91 Å². The molecular formula is C22H26N4O2. The average molecular weight is 378 g/mol. The summed E-state index contributed by atoms with van der Waals surface area (Å²) in [6.45, 7) is 4.87. The SMILES string of the molecule is O=C(c1ccc(N2CCCCC2=O)cc1)N1CCN(Cc2ccncc2)CC1. The fraction of sp³-hybridized carbons (Fsp3) is 0.409. The van der Waals surface area contributed by atoms with E-state index < -0.39 is 0 Å². The molecule has 2 aromatic rings. The summed E-state index contributed by atoms with van der Waals surface area (Å²) < 4.78 is 0. The molecule has 2 aliphatic rings. The molecule has 0 bridgehead atoms. The van der Waals surface area contributed by atoms with Crippen molar-refractivity contribution in [1.29, 1.82) is 0 Å². The molecular weight excluding hydrogens is 352 g/mol. The second kappa shape index (κ2) is 8.52. The Morgan fingerprint density at radius 1 is 0.893 bits per heavy atom. The highest BCUT2D eigenvalue weighted by atomic mass is 16.2. The monoisotopic (exact) mass is 378 g/mol. The number of amides is 2. The second-order valence-electron chi connectivity index (χ2n) is 7.47. The molecule has 2 saturated heterocycles. The van der Waals surface area contributed by atoms with Crippen LogP contribution in [-0.2, 0) is 11.3 Å². The van der Waals surface area contributed by atoms with Crippen molar-refractivity contribution in [3.05, 3.63) is 59.9 Å². The number of carbonyl (C=O) groups excluding carboxylic acids is 2. The van der Waals surface area contributed by atoms with Crippen LogP contribution in [0.25, 0.3) is 0 Å². The molecule has 1 aromatic carbocycles. The van der Waals surface area contributed by atoms with E-state index in [-0.39, 0.29) is 11.8 Å². The third-order valence-electron chi connectivity index (χ3n) is 5.56. The Bertz CT molecular complexity index is 814. The van der Waals surface area contributed by atoms with Crippen molar-refractivity contribution in [3.63, 3.8) is 0 Å². The van der Waals surface area contributed by atoms with Crippen molar-refractivity contribution in [3.8, 4) is 0 Å². The number of piperidine rings is 1. The molecule has 28 heavy (non-hydrogen) atoms. The summed E-state index contributed by atoms with van der Waals surface area (Å²) in [7, 11) is 0. The number of anilines is 1. The molecule has 0 spiro atoms. The average Bonchev–Trinajstić information content (AvgIpc) is 2.75. The fourth-order valence-electron chi connectivity index (χ4n) is 3.90. The minimum atomic E-state index is 0.0695. The van der Waals surface area contributed by atoms with E-state index >= 15 is 0 Å². The molecule has 3 heterocycles. The molecule has 4 rings (SSSR count). The first-order valence-corrected chi connectivity index (χ1v) is 10.0. The molecule has 6 nitrogen and oxygen atoms in total. The van der Waals surface area contributed by atoms with Crippen LogP contribution in [0.2, 0.25) is 0 Å². The topological polar surface area (TPSA) is 56.8 Å². The van der Waals surface area contributed by atoms with E-state index in [1.807, 2.05) is 58.6 Å². The molecule has 6 heteroatoms. The fourth-order valence-corrected chi connectivity index (χ4v) is 3.90. The zero-order valence-corrected chi connectivity index (χ0v) is 16.1. The summed E-state index contributed by atoms with van der Waals surface area (Å²) in [5, 5.41) is 0. The zero-order valence-electron chi connectivity index (χ0n) is 16.1. The van der Waals surface area contributed by atoms with Gasteiger partial charge in [-0.15, -0.1) is 0 Å². The first-order chi connectivity index (χ1) is 13.7. The standard InChI is InChI=1S/C22H26N4O2/c27-21-3-1-2-12-26(21)20-6-4-19(5-7-20)22(28)25-15-13-24(14-16-25)17-18-8-10-23-11-9-18/h4-11H,1-3,12-17H2. The summed E-state index contributed by atoms with van der Waals surface area (Å²) in [6, 6.07) is 11.6.